The van der Waals surface area contributed by atoms with E-state index in [4.69, 9.17) is 25.0 Å². The minimum absolute atomic E-state index is 0.149. The van der Waals surface area contributed by atoms with E-state index in [1.807, 2.05) is 0 Å². The Morgan fingerprint density at radius 1 is 1.22 bits per heavy atom. The average Bonchev–Trinajstić information content (AvgIpc) is 2.25. The molecule has 1 spiro atoms. The highest BCUT2D eigenvalue weighted by Crippen LogP contribution is 2.50. The summed E-state index contributed by atoms with van der Waals surface area (Å²) in [6, 6.07) is 0. The summed E-state index contributed by atoms with van der Waals surface area (Å²) in [4.78, 5) is 22.6. The number of esters is 1. The van der Waals surface area contributed by atoms with Gasteiger partial charge in [-0.15, -0.1) is 0 Å². The Morgan fingerprint density at radius 3 is 2.72 bits per heavy atom. The van der Waals surface area contributed by atoms with Crippen molar-refractivity contribution in [2.75, 3.05) is 0 Å². The van der Waals surface area contributed by atoms with Gasteiger partial charge in [-0.2, -0.15) is 0 Å². The molecule has 2 saturated heterocycles. The van der Waals surface area contributed by atoms with Gasteiger partial charge in [-0.25, -0.2) is 9.78 Å². The number of carbonyl (C=O) groups excluding carboxylic acids is 1. The molecule has 102 valence electrons. The fraction of sp³-hybridized carbons (Fsp3) is 0.917. The van der Waals surface area contributed by atoms with Crippen LogP contribution >= 0.6 is 0 Å². The first kappa shape index (κ1) is 12.3. The molecule has 0 aromatic carbocycles. The van der Waals surface area contributed by atoms with Crippen LogP contribution in [0, 0.1) is 0 Å². The minimum Gasteiger partial charge on any atom is -0.432 e. The first-order chi connectivity index (χ1) is 8.37. The van der Waals surface area contributed by atoms with Gasteiger partial charge in [0.15, 0.2) is 11.4 Å². The fourth-order valence-electron chi connectivity index (χ4n) is 3.13. The van der Waals surface area contributed by atoms with E-state index in [1.165, 1.54) is 0 Å². The molecule has 0 aromatic rings. The Kier molecular flexibility index (Phi) is 2.51. The quantitative estimate of drug-likeness (QED) is 0.515. The molecule has 6 heteroatoms. The molecule has 2 heterocycles. The molecule has 0 aromatic heterocycles. The summed E-state index contributed by atoms with van der Waals surface area (Å²) in [7, 11) is 0. The number of rotatable bonds is 0. The number of nitrogens with two attached hydrogens (primary N) is 1. The zero-order valence-electron chi connectivity index (χ0n) is 10.7. The molecular formula is C12H19NO5. The van der Waals surface area contributed by atoms with Crippen LogP contribution in [0.15, 0.2) is 0 Å². The van der Waals surface area contributed by atoms with E-state index < -0.39 is 23.2 Å². The van der Waals surface area contributed by atoms with Crippen LogP contribution in [0.3, 0.4) is 0 Å². The van der Waals surface area contributed by atoms with E-state index in [-0.39, 0.29) is 12.4 Å². The van der Waals surface area contributed by atoms with Crippen molar-refractivity contribution in [3.05, 3.63) is 0 Å². The van der Waals surface area contributed by atoms with Gasteiger partial charge >= 0.3 is 5.97 Å². The van der Waals surface area contributed by atoms with E-state index in [0.717, 1.165) is 12.8 Å². The number of hydrogen-bond donors (Lipinski definition) is 1. The third-order valence-electron chi connectivity index (χ3n) is 4.12. The van der Waals surface area contributed by atoms with E-state index >= 15 is 0 Å². The van der Waals surface area contributed by atoms with Crippen LogP contribution in [0.25, 0.3) is 0 Å². The smallest absolute Gasteiger partial charge is 0.310 e. The van der Waals surface area contributed by atoms with E-state index in [9.17, 15) is 4.79 Å². The molecule has 0 amide bonds. The molecule has 0 bridgehead atoms. The van der Waals surface area contributed by atoms with Crippen molar-refractivity contribution < 1.29 is 24.0 Å². The third-order valence-corrected chi connectivity index (χ3v) is 4.12. The van der Waals surface area contributed by atoms with Crippen molar-refractivity contribution in [2.45, 2.75) is 69.2 Å². The monoisotopic (exact) mass is 257 g/mol. The highest BCUT2D eigenvalue weighted by Gasteiger charge is 2.66. The van der Waals surface area contributed by atoms with Crippen LogP contribution in [0.5, 0.6) is 0 Å². The maximum atomic E-state index is 11.7. The highest BCUT2D eigenvalue weighted by atomic mass is 17.3. The van der Waals surface area contributed by atoms with Crippen molar-refractivity contribution in [3.63, 3.8) is 0 Å². The normalized spacial score (nSPS) is 46.8. The first-order valence-corrected chi connectivity index (χ1v) is 6.40. The summed E-state index contributed by atoms with van der Waals surface area (Å²) in [6.07, 6.45) is 2.69. The molecule has 1 aliphatic carbocycles. The van der Waals surface area contributed by atoms with Gasteiger partial charge in [0.2, 0.25) is 6.29 Å². The standard InChI is InChI=1S/C12H19NO5/c1-10(2)16-9-12(18-17-10)6-4-3-5-11(12,13)7-8(14)15-9/h9H,3-7,13H2,1-2H3. The summed E-state index contributed by atoms with van der Waals surface area (Å²) in [5.74, 6) is -1.27. The predicted molar refractivity (Wildman–Crippen MR) is 59.9 cm³/mol. The van der Waals surface area contributed by atoms with Crippen LogP contribution in [0.2, 0.25) is 0 Å². The molecule has 3 atom stereocenters. The average molecular weight is 257 g/mol. The van der Waals surface area contributed by atoms with Gasteiger partial charge in [0.1, 0.15) is 0 Å². The van der Waals surface area contributed by atoms with Gasteiger partial charge in [0.05, 0.1) is 12.0 Å². The molecule has 3 rings (SSSR count). The lowest BCUT2D eigenvalue weighted by atomic mass is 9.66. The molecule has 2 N–H and O–H groups in total. The second kappa shape index (κ2) is 3.66. The van der Waals surface area contributed by atoms with Gasteiger partial charge in [-0.1, -0.05) is 12.8 Å². The second-order valence-electron chi connectivity index (χ2n) is 5.94. The fourth-order valence-corrected chi connectivity index (χ4v) is 3.13. The summed E-state index contributed by atoms with van der Waals surface area (Å²) in [6.45, 7) is 3.42. The molecule has 0 radical (unpaired) electrons. The first-order valence-electron chi connectivity index (χ1n) is 6.40. The van der Waals surface area contributed by atoms with Crippen LogP contribution in [0.4, 0.5) is 0 Å². The lowest BCUT2D eigenvalue weighted by molar-refractivity contribution is -0.556. The van der Waals surface area contributed by atoms with Crippen LogP contribution in [-0.4, -0.2) is 29.2 Å². The molecule has 3 aliphatic rings. The maximum Gasteiger partial charge on any atom is 0.310 e. The lowest BCUT2D eigenvalue weighted by Gasteiger charge is -2.58. The van der Waals surface area contributed by atoms with Gasteiger partial charge < -0.3 is 15.2 Å². The van der Waals surface area contributed by atoms with Crippen molar-refractivity contribution in [1.82, 2.24) is 0 Å². The van der Waals surface area contributed by atoms with Crippen molar-refractivity contribution in [2.24, 2.45) is 5.73 Å². The number of carbonyl (C=O) groups is 1. The summed E-state index contributed by atoms with van der Waals surface area (Å²) in [5.41, 5.74) is 4.77. The zero-order valence-corrected chi connectivity index (χ0v) is 10.7. The maximum absolute atomic E-state index is 11.7. The molecule has 1 saturated carbocycles. The molecule has 6 nitrogen and oxygen atoms in total. The van der Waals surface area contributed by atoms with Crippen LogP contribution in [-0.2, 0) is 24.0 Å². The minimum atomic E-state index is -0.939. The van der Waals surface area contributed by atoms with Crippen molar-refractivity contribution in [3.8, 4) is 0 Å². The van der Waals surface area contributed by atoms with Gasteiger partial charge in [0, 0.05) is 0 Å². The van der Waals surface area contributed by atoms with Gasteiger partial charge in [-0.05, 0) is 26.7 Å². The molecule has 3 fully saturated rings. The summed E-state index contributed by atoms with van der Waals surface area (Å²) >= 11 is 0. The Morgan fingerprint density at radius 2 is 1.94 bits per heavy atom. The molecular weight excluding hydrogens is 238 g/mol. The SMILES string of the molecule is CC1(C)OOC23CCCCC2(N)CC(=O)OC3O1. The van der Waals surface area contributed by atoms with E-state index in [2.05, 4.69) is 0 Å². The zero-order chi connectivity index (χ0) is 13.0. The van der Waals surface area contributed by atoms with Crippen LogP contribution in [0.1, 0.15) is 46.0 Å². The van der Waals surface area contributed by atoms with E-state index in [0.29, 0.717) is 12.8 Å². The summed E-state index contributed by atoms with van der Waals surface area (Å²) < 4.78 is 11.0. The molecule has 2 aliphatic heterocycles. The molecule has 18 heavy (non-hydrogen) atoms. The third kappa shape index (κ3) is 1.60. The molecule has 3 unspecified atom stereocenters. The van der Waals surface area contributed by atoms with E-state index in [1.54, 1.807) is 13.8 Å². The highest BCUT2D eigenvalue weighted by molar-refractivity contribution is 5.73. The van der Waals surface area contributed by atoms with Gasteiger partial charge in [0.25, 0.3) is 0 Å². The van der Waals surface area contributed by atoms with Crippen LogP contribution < -0.4 is 5.73 Å². The van der Waals surface area contributed by atoms with Gasteiger partial charge in [-0.3, -0.25) is 4.79 Å². The predicted octanol–water partition coefficient (Wildman–Crippen LogP) is 0.984. The Balaban J connectivity index is 1.98. The Labute approximate surface area is 106 Å². The largest absolute Gasteiger partial charge is 0.432 e. The van der Waals surface area contributed by atoms with Crippen molar-refractivity contribution in [1.29, 1.82) is 0 Å². The number of ether oxygens (including phenoxy) is 2. The number of hydrogen-bond acceptors (Lipinski definition) is 6. The topological polar surface area (TPSA) is 80.0 Å². The lowest BCUT2D eigenvalue weighted by Crippen LogP contribution is -2.76. The second-order valence-corrected chi connectivity index (χ2v) is 5.94. The Hall–Kier alpha value is -0.690. The summed E-state index contributed by atoms with van der Waals surface area (Å²) in [5, 5.41) is 0. The Bertz CT molecular complexity index is 385. The van der Waals surface area contributed by atoms with Crippen molar-refractivity contribution >= 4 is 5.97 Å².